The molecule has 0 bridgehead atoms. The molecule has 3 atom stereocenters. The Hall–Kier alpha value is -1.88. The maximum Gasteiger partial charge on any atom is 0.227 e. The van der Waals surface area contributed by atoms with Crippen LogP contribution in [0.15, 0.2) is 30.3 Å². The number of nitrogens with one attached hydrogen (secondary N) is 1. The van der Waals surface area contributed by atoms with Gasteiger partial charge in [0.05, 0.1) is 11.8 Å². The number of benzene rings is 1. The molecule has 1 aromatic carbocycles. The maximum atomic E-state index is 12.4. The van der Waals surface area contributed by atoms with Crippen LogP contribution >= 0.6 is 0 Å². The van der Waals surface area contributed by atoms with Crippen LogP contribution in [0, 0.1) is 11.8 Å². The van der Waals surface area contributed by atoms with E-state index in [1.54, 1.807) is 25.9 Å². The zero-order chi connectivity index (χ0) is 16.0. The van der Waals surface area contributed by atoms with E-state index < -0.39 is 0 Å². The van der Waals surface area contributed by atoms with E-state index in [1.807, 2.05) is 37.3 Å². The van der Waals surface area contributed by atoms with Crippen LogP contribution in [-0.4, -0.2) is 37.4 Å². The van der Waals surface area contributed by atoms with E-state index in [0.717, 1.165) is 5.56 Å². The van der Waals surface area contributed by atoms with E-state index in [2.05, 4.69) is 5.32 Å². The number of carbonyl (C=O) groups excluding carboxylic acids is 2. The van der Waals surface area contributed by atoms with E-state index >= 15 is 0 Å². The lowest BCUT2D eigenvalue weighted by Gasteiger charge is -2.27. The number of nitrogens with two attached hydrogens (primary N) is 1. The molecule has 116 valence electrons. The van der Waals surface area contributed by atoms with Crippen LogP contribution in [0.1, 0.15) is 25.5 Å². The van der Waals surface area contributed by atoms with Crippen LogP contribution in [-0.2, 0) is 9.59 Å². The van der Waals surface area contributed by atoms with Gasteiger partial charge < -0.3 is 16.0 Å². The minimum Gasteiger partial charge on any atom is -0.359 e. The van der Waals surface area contributed by atoms with Crippen LogP contribution in [0.3, 0.4) is 0 Å². The number of amides is 2. The maximum absolute atomic E-state index is 12.4. The minimum absolute atomic E-state index is 0.0536. The fraction of sp³-hybridized carbons (Fsp3) is 0.500. The molecule has 5 heteroatoms. The SMILES string of the molecule is CNC(=O)C(C)CN(C)C(=O)C(C)C(N)c1ccccc1. The van der Waals surface area contributed by atoms with Crippen LogP contribution in [0.25, 0.3) is 0 Å². The minimum atomic E-state index is -0.351. The van der Waals surface area contributed by atoms with Gasteiger partial charge in [-0.2, -0.15) is 0 Å². The third-order valence-corrected chi connectivity index (χ3v) is 3.73. The molecule has 0 aliphatic heterocycles. The molecule has 0 fully saturated rings. The van der Waals surface area contributed by atoms with E-state index in [4.69, 9.17) is 5.73 Å². The summed E-state index contributed by atoms with van der Waals surface area (Å²) in [6.07, 6.45) is 0. The van der Waals surface area contributed by atoms with E-state index in [0.29, 0.717) is 6.54 Å². The van der Waals surface area contributed by atoms with Crippen molar-refractivity contribution in [2.45, 2.75) is 19.9 Å². The summed E-state index contributed by atoms with van der Waals surface area (Å²) in [7, 11) is 3.30. The number of rotatable bonds is 6. The van der Waals surface area contributed by atoms with Crippen molar-refractivity contribution in [2.75, 3.05) is 20.6 Å². The zero-order valence-corrected chi connectivity index (χ0v) is 13.2. The average Bonchev–Trinajstić information content (AvgIpc) is 2.52. The van der Waals surface area contributed by atoms with Crippen LogP contribution < -0.4 is 11.1 Å². The molecule has 1 aromatic rings. The van der Waals surface area contributed by atoms with Gasteiger partial charge in [0, 0.05) is 26.7 Å². The highest BCUT2D eigenvalue weighted by Crippen LogP contribution is 2.21. The molecule has 0 aliphatic carbocycles. The number of carbonyl (C=O) groups is 2. The van der Waals surface area contributed by atoms with Gasteiger partial charge in [-0.1, -0.05) is 44.2 Å². The van der Waals surface area contributed by atoms with Crippen LogP contribution in [0.2, 0.25) is 0 Å². The summed E-state index contributed by atoms with van der Waals surface area (Å²) >= 11 is 0. The monoisotopic (exact) mass is 291 g/mol. The second kappa shape index (κ2) is 7.78. The highest BCUT2D eigenvalue weighted by Gasteiger charge is 2.26. The third-order valence-electron chi connectivity index (χ3n) is 3.73. The highest BCUT2D eigenvalue weighted by molar-refractivity contribution is 5.81. The summed E-state index contributed by atoms with van der Waals surface area (Å²) in [5.41, 5.74) is 7.10. The summed E-state index contributed by atoms with van der Waals surface area (Å²) in [6, 6.07) is 9.22. The fourth-order valence-corrected chi connectivity index (χ4v) is 2.30. The molecule has 0 saturated carbocycles. The summed E-state index contributed by atoms with van der Waals surface area (Å²) < 4.78 is 0. The second-order valence-electron chi connectivity index (χ2n) is 5.46. The standard InChI is InChI=1S/C16H25N3O2/c1-11(15(20)18-3)10-19(4)16(21)12(2)14(17)13-8-6-5-7-9-13/h5-9,11-12,14H,10,17H2,1-4H3,(H,18,20). The van der Waals surface area contributed by atoms with Gasteiger partial charge in [-0.3, -0.25) is 9.59 Å². The van der Waals surface area contributed by atoms with Crippen molar-refractivity contribution < 1.29 is 9.59 Å². The Bertz CT molecular complexity index is 476. The summed E-state index contributed by atoms with van der Waals surface area (Å²) in [5, 5.41) is 2.59. The molecule has 3 unspecified atom stereocenters. The van der Waals surface area contributed by atoms with Crippen molar-refractivity contribution in [1.29, 1.82) is 0 Å². The van der Waals surface area contributed by atoms with Crippen LogP contribution in [0.5, 0.6) is 0 Å². The molecular weight excluding hydrogens is 266 g/mol. The quantitative estimate of drug-likeness (QED) is 0.826. The average molecular weight is 291 g/mol. The molecule has 0 spiro atoms. The van der Waals surface area contributed by atoms with Gasteiger partial charge in [-0.15, -0.1) is 0 Å². The lowest BCUT2D eigenvalue weighted by atomic mass is 9.94. The molecule has 0 radical (unpaired) electrons. The fourth-order valence-electron chi connectivity index (χ4n) is 2.30. The van der Waals surface area contributed by atoms with Crippen LogP contribution in [0.4, 0.5) is 0 Å². The Labute approximate surface area is 126 Å². The third kappa shape index (κ3) is 4.56. The molecule has 1 rings (SSSR count). The van der Waals surface area contributed by atoms with E-state index in [1.165, 1.54) is 0 Å². The summed E-state index contributed by atoms with van der Waals surface area (Å²) in [6.45, 7) is 4.00. The predicted molar refractivity (Wildman–Crippen MR) is 83.4 cm³/mol. The summed E-state index contributed by atoms with van der Waals surface area (Å²) in [5.74, 6) is -0.713. The number of hydrogen-bond acceptors (Lipinski definition) is 3. The highest BCUT2D eigenvalue weighted by atomic mass is 16.2. The number of hydrogen-bond donors (Lipinski definition) is 2. The molecule has 0 heterocycles. The molecule has 0 aliphatic rings. The first-order valence-electron chi connectivity index (χ1n) is 7.15. The first kappa shape index (κ1) is 17.2. The smallest absolute Gasteiger partial charge is 0.227 e. The summed E-state index contributed by atoms with van der Waals surface area (Å²) in [4.78, 5) is 25.5. The van der Waals surface area contributed by atoms with Gasteiger partial charge in [0.2, 0.25) is 11.8 Å². The Kier molecular flexibility index (Phi) is 6.37. The van der Waals surface area contributed by atoms with E-state index in [-0.39, 0.29) is 29.7 Å². The molecule has 0 saturated heterocycles. The van der Waals surface area contributed by atoms with Gasteiger partial charge >= 0.3 is 0 Å². The Morgan fingerprint density at radius 2 is 1.81 bits per heavy atom. The lowest BCUT2D eigenvalue weighted by Crippen LogP contribution is -2.41. The van der Waals surface area contributed by atoms with Gasteiger partial charge in [0.15, 0.2) is 0 Å². The predicted octanol–water partition coefficient (Wildman–Crippen LogP) is 1.16. The van der Waals surface area contributed by atoms with Crippen molar-refractivity contribution in [3.8, 4) is 0 Å². The zero-order valence-electron chi connectivity index (χ0n) is 13.2. The molecule has 3 N–H and O–H groups in total. The first-order valence-corrected chi connectivity index (χ1v) is 7.15. The van der Waals surface area contributed by atoms with Crippen molar-refractivity contribution in [2.24, 2.45) is 17.6 Å². The lowest BCUT2D eigenvalue weighted by molar-refractivity contribution is -0.135. The Morgan fingerprint density at radius 1 is 1.24 bits per heavy atom. The molecular formula is C16H25N3O2. The van der Waals surface area contributed by atoms with E-state index in [9.17, 15) is 9.59 Å². The Morgan fingerprint density at radius 3 is 2.33 bits per heavy atom. The van der Waals surface area contributed by atoms with Crippen molar-refractivity contribution in [3.63, 3.8) is 0 Å². The van der Waals surface area contributed by atoms with Gasteiger partial charge in [0.1, 0.15) is 0 Å². The molecule has 2 amide bonds. The van der Waals surface area contributed by atoms with Gasteiger partial charge in [-0.05, 0) is 5.56 Å². The van der Waals surface area contributed by atoms with Crippen molar-refractivity contribution >= 4 is 11.8 Å². The normalized spacial score (nSPS) is 14.9. The number of nitrogens with zero attached hydrogens (tertiary/aromatic N) is 1. The van der Waals surface area contributed by atoms with Gasteiger partial charge in [-0.25, -0.2) is 0 Å². The Balaban J connectivity index is 2.67. The van der Waals surface area contributed by atoms with Crippen molar-refractivity contribution in [1.82, 2.24) is 10.2 Å². The second-order valence-corrected chi connectivity index (χ2v) is 5.46. The van der Waals surface area contributed by atoms with Crippen molar-refractivity contribution in [3.05, 3.63) is 35.9 Å². The largest absolute Gasteiger partial charge is 0.359 e. The molecule has 21 heavy (non-hydrogen) atoms. The molecule has 5 nitrogen and oxygen atoms in total. The first-order chi connectivity index (χ1) is 9.88. The topological polar surface area (TPSA) is 75.4 Å². The molecule has 0 aromatic heterocycles. The van der Waals surface area contributed by atoms with Gasteiger partial charge in [0.25, 0.3) is 0 Å².